The fraction of sp³-hybridized carbons (Fsp3) is 0.636. The first-order valence-electron chi connectivity index (χ1n) is 11.1. The van der Waals surface area contributed by atoms with Gasteiger partial charge in [0.2, 0.25) is 5.91 Å². The van der Waals surface area contributed by atoms with E-state index in [-0.39, 0.29) is 37.4 Å². The number of piperidine rings is 2. The van der Waals surface area contributed by atoms with E-state index in [1.165, 1.54) is 9.80 Å². The van der Waals surface area contributed by atoms with E-state index < -0.39 is 47.4 Å². The molecule has 1 aromatic rings. The highest BCUT2D eigenvalue weighted by atomic mass is 19.4. The van der Waals surface area contributed by atoms with Gasteiger partial charge in [-0.25, -0.2) is 8.78 Å². The van der Waals surface area contributed by atoms with Crippen LogP contribution in [0.1, 0.15) is 47.2 Å². The van der Waals surface area contributed by atoms with Gasteiger partial charge in [0.1, 0.15) is 0 Å². The first-order chi connectivity index (χ1) is 16.1. The molecule has 3 rings (SSSR count). The highest BCUT2D eigenvalue weighted by Gasteiger charge is 2.38. The quantitative estimate of drug-likeness (QED) is 0.591. The van der Waals surface area contributed by atoms with Crippen LogP contribution in [0.2, 0.25) is 0 Å². The third-order valence-corrected chi connectivity index (χ3v) is 6.20. The van der Waals surface area contributed by atoms with Crippen molar-refractivity contribution >= 4 is 11.8 Å². The lowest BCUT2D eigenvalue weighted by atomic mass is 9.96. The predicted molar refractivity (Wildman–Crippen MR) is 109 cm³/mol. The molecule has 2 aliphatic heterocycles. The standard InChI is InChI=1S/C22H25F8N3O2/c23-20(24)4-1-5-32(13-20)12-18(34)33-6-2-14(3-7-33)11-31-19(35)15-8-16(21(25,26)27)10-17(9-15)22(28,29)30/h8-10,14H,1-7,11-13H2,(H,31,35). The largest absolute Gasteiger partial charge is 0.416 e. The summed E-state index contributed by atoms with van der Waals surface area (Å²) in [5.41, 5.74) is -3.90. The number of halogens is 8. The van der Waals surface area contributed by atoms with Crippen LogP contribution in [0.5, 0.6) is 0 Å². The molecule has 13 heteroatoms. The molecule has 2 fully saturated rings. The zero-order valence-corrected chi connectivity index (χ0v) is 18.6. The summed E-state index contributed by atoms with van der Waals surface area (Å²) in [5.74, 6) is -4.31. The summed E-state index contributed by atoms with van der Waals surface area (Å²) in [6.45, 7) is 0.462. The van der Waals surface area contributed by atoms with Gasteiger partial charge in [-0.15, -0.1) is 0 Å². The smallest absolute Gasteiger partial charge is 0.352 e. The molecule has 0 aliphatic carbocycles. The summed E-state index contributed by atoms with van der Waals surface area (Å²) < 4.78 is 105. The van der Waals surface area contributed by atoms with Gasteiger partial charge >= 0.3 is 12.4 Å². The zero-order chi connectivity index (χ0) is 26.0. The minimum absolute atomic E-state index is 0.0107. The highest BCUT2D eigenvalue weighted by Crippen LogP contribution is 2.36. The van der Waals surface area contributed by atoms with E-state index in [0.29, 0.717) is 51.0 Å². The second-order valence-electron chi connectivity index (χ2n) is 9.00. The van der Waals surface area contributed by atoms with Crippen LogP contribution in [0.3, 0.4) is 0 Å². The van der Waals surface area contributed by atoms with Crippen molar-refractivity contribution in [3.8, 4) is 0 Å². The molecule has 1 N–H and O–H groups in total. The van der Waals surface area contributed by atoms with Crippen molar-refractivity contribution in [1.29, 1.82) is 0 Å². The Morgan fingerprint density at radius 2 is 1.51 bits per heavy atom. The van der Waals surface area contributed by atoms with Gasteiger partial charge < -0.3 is 10.2 Å². The Labute approximate surface area is 196 Å². The number of alkyl halides is 8. The number of amides is 2. The fourth-order valence-corrected chi connectivity index (χ4v) is 4.28. The molecule has 2 heterocycles. The van der Waals surface area contributed by atoms with Gasteiger partial charge in [-0.2, -0.15) is 26.3 Å². The fourth-order valence-electron chi connectivity index (χ4n) is 4.28. The van der Waals surface area contributed by atoms with E-state index >= 15 is 0 Å². The molecular weight excluding hydrogens is 490 g/mol. The van der Waals surface area contributed by atoms with Crippen LogP contribution >= 0.6 is 0 Å². The third kappa shape index (κ3) is 7.52. The van der Waals surface area contributed by atoms with Crippen LogP contribution in [0, 0.1) is 5.92 Å². The topological polar surface area (TPSA) is 52.7 Å². The Balaban J connectivity index is 1.52. The average Bonchev–Trinajstić information content (AvgIpc) is 2.75. The number of carbonyl (C=O) groups is 2. The number of nitrogens with zero attached hydrogens (tertiary/aromatic N) is 2. The molecule has 0 atom stereocenters. The van der Waals surface area contributed by atoms with Gasteiger partial charge in [0.15, 0.2) is 0 Å². The summed E-state index contributed by atoms with van der Waals surface area (Å²) in [4.78, 5) is 27.7. The van der Waals surface area contributed by atoms with Crippen LogP contribution in [-0.4, -0.2) is 66.8 Å². The van der Waals surface area contributed by atoms with Crippen LogP contribution in [0.25, 0.3) is 0 Å². The summed E-state index contributed by atoms with van der Waals surface area (Å²) in [6, 6.07) is 0.695. The summed E-state index contributed by atoms with van der Waals surface area (Å²) in [7, 11) is 0. The summed E-state index contributed by atoms with van der Waals surface area (Å²) >= 11 is 0. The number of carbonyl (C=O) groups excluding carboxylic acids is 2. The summed E-state index contributed by atoms with van der Waals surface area (Å²) in [6.07, 6.45) is -9.12. The zero-order valence-electron chi connectivity index (χ0n) is 18.6. The van der Waals surface area contributed by atoms with E-state index in [9.17, 15) is 44.7 Å². The maximum Gasteiger partial charge on any atom is 0.416 e. The first kappa shape index (κ1) is 27.2. The second-order valence-corrected chi connectivity index (χ2v) is 9.00. The molecule has 0 saturated carbocycles. The van der Waals surface area contributed by atoms with Gasteiger partial charge in [0.05, 0.1) is 24.2 Å². The van der Waals surface area contributed by atoms with Crippen LogP contribution in [0.15, 0.2) is 18.2 Å². The molecule has 5 nitrogen and oxygen atoms in total. The van der Waals surface area contributed by atoms with Gasteiger partial charge in [-0.05, 0) is 49.9 Å². The van der Waals surface area contributed by atoms with Crippen molar-refractivity contribution in [2.75, 3.05) is 39.3 Å². The number of hydrogen-bond donors (Lipinski definition) is 1. The molecule has 2 aliphatic rings. The average molecular weight is 515 g/mol. The van der Waals surface area contributed by atoms with Crippen LogP contribution in [-0.2, 0) is 17.1 Å². The van der Waals surface area contributed by atoms with Crippen molar-refractivity contribution in [3.63, 3.8) is 0 Å². The Morgan fingerprint density at radius 1 is 0.943 bits per heavy atom. The van der Waals surface area contributed by atoms with E-state index in [2.05, 4.69) is 5.32 Å². The van der Waals surface area contributed by atoms with Gasteiger partial charge in [-0.3, -0.25) is 14.5 Å². The van der Waals surface area contributed by atoms with E-state index in [1.807, 2.05) is 0 Å². The molecule has 35 heavy (non-hydrogen) atoms. The number of nitrogens with one attached hydrogen (secondary N) is 1. The van der Waals surface area contributed by atoms with Crippen molar-refractivity contribution in [3.05, 3.63) is 34.9 Å². The molecule has 1 aromatic carbocycles. The van der Waals surface area contributed by atoms with Gasteiger partial charge in [0.25, 0.3) is 11.8 Å². The Hall–Kier alpha value is -2.44. The van der Waals surface area contributed by atoms with Crippen LogP contribution in [0.4, 0.5) is 35.1 Å². The maximum absolute atomic E-state index is 13.5. The first-order valence-corrected chi connectivity index (χ1v) is 11.1. The molecule has 2 amide bonds. The molecule has 0 unspecified atom stereocenters. The number of likely N-dealkylation sites (tertiary alicyclic amines) is 2. The van der Waals surface area contributed by atoms with Crippen molar-refractivity contribution in [2.24, 2.45) is 5.92 Å². The van der Waals surface area contributed by atoms with Crippen LogP contribution < -0.4 is 5.32 Å². The predicted octanol–water partition coefficient (Wildman–Crippen LogP) is 4.42. The summed E-state index contributed by atoms with van der Waals surface area (Å²) in [5, 5.41) is 2.38. The number of benzene rings is 1. The Bertz CT molecular complexity index is 892. The highest BCUT2D eigenvalue weighted by molar-refractivity contribution is 5.94. The molecular formula is C22H25F8N3O2. The molecule has 0 bridgehead atoms. The number of rotatable bonds is 5. The second kappa shape index (κ2) is 10.3. The lowest BCUT2D eigenvalue weighted by Gasteiger charge is -2.36. The molecule has 0 radical (unpaired) electrons. The lowest BCUT2D eigenvalue weighted by Crippen LogP contribution is -2.49. The minimum atomic E-state index is -5.06. The SMILES string of the molecule is O=C(NCC1CCN(C(=O)CN2CCCC(F)(F)C2)CC1)c1cc(C(F)(F)F)cc(C(F)(F)F)c1. The maximum atomic E-state index is 13.5. The van der Waals surface area contributed by atoms with Crippen molar-refractivity contribution in [2.45, 2.75) is 44.0 Å². The molecule has 196 valence electrons. The minimum Gasteiger partial charge on any atom is -0.352 e. The van der Waals surface area contributed by atoms with Gasteiger partial charge in [0, 0.05) is 31.6 Å². The molecule has 0 spiro atoms. The van der Waals surface area contributed by atoms with E-state index in [1.54, 1.807) is 0 Å². The lowest BCUT2D eigenvalue weighted by molar-refractivity contribution is -0.143. The van der Waals surface area contributed by atoms with Crippen molar-refractivity contribution in [1.82, 2.24) is 15.1 Å². The Kier molecular flexibility index (Phi) is 7.97. The van der Waals surface area contributed by atoms with Gasteiger partial charge in [-0.1, -0.05) is 0 Å². The monoisotopic (exact) mass is 515 g/mol. The molecule has 0 aromatic heterocycles. The normalized spacial score (nSPS) is 20.1. The van der Waals surface area contributed by atoms with E-state index in [0.717, 1.165) is 0 Å². The number of hydrogen-bond acceptors (Lipinski definition) is 3. The van der Waals surface area contributed by atoms with E-state index in [4.69, 9.17) is 0 Å². The molecule has 2 saturated heterocycles. The Morgan fingerprint density at radius 3 is 2.03 bits per heavy atom. The third-order valence-electron chi connectivity index (χ3n) is 6.20. The van der Waals surface area contributed by atoms with Crippen molar-refractivity contribution < 1.29 is 44.7 Å².